The Bertz CT molecular complexity index is 593. The number of ether oxygens (including phenoxy) is 1. The summed E-state index contributed by atoms with van der Waals surface area (Å²) in [5.41, 5.74) is 1.40. The minimum absolute atomic E-state index is 0.145. The number of sulfonamides is 1. The normalized spacial score (nSPS) is 11.8. The zero-order valence-corrected chi connectivity index (χ0v) is 14.0. The van der Waals surface area contributed by atoms with Crippen LogP contribution in [-0.2, 0) is 19.6 Å². The predicted octanol–water partition coefficient (Wildman–Crippen LogP) is 2.53. The van der Waals surface area contributed by atoms with Gasteiger partial charge in [-0.3, -0.25) is 9.10 Å². The van der Waals surface area contributed by atoms with Gasteiger partial charge >= 0.3 is 5.97 Å². The Hall–Kier alpha value is -1.56. The summed E-state index contributed by atoms with van der Waals surface area (Å²) < 4.78 is 30.2. The summed E-state index contributed by atoms with van der Waals surface area (Å²) in [6.45, 7) is 7.09. The SMILES string of the molecule is CC(C)OC(=O)CN(c1ccccc1C(C)C)S(C)(=O)=O. The molecule has 1 aromatic rings. The van der Waals surface area contributed by atoms with Gasteiger partial charge in [-0.05, 0) is 31.4 Å². The molecule has 0 saturated carbocycles. The second-order valence-corrected chi connectivity index (χ2v) is 7.43. The topological polar surface area (TPSA) is 63.7 Å². The maximum atomic E-state index is 12.0. The Kier molecular flexibility index (Phi) is 5.78. The van der Waals surface area contributed by atoms with Crippen LogP contribution in [0.3, 0.4) is 0 Å². The van der Waals surface area contributed by atoms with Gasteiger partial charge in [0.2, 0.25) is 10.0 Å². The number of hydrogen-bond acceptors (Lipinski definition) is 4. The van der Waals surface area contributed by atoms with E-state index >= 15 is 0 Å². The molecule has 0 aliphatic carbocycles. The fraction of sp³-hybridized carbons (Fsp3) is 0.533. The highest BCUT2D eigenvalue weighted by atomic mass is 32.2. The molecule has 1 rings (SSSR count). The van der Waals surface area contributed by atoms with E-state index < -0.39 is 16.0 Å². The summed E-state index contributed by atoms with van der Waals surface area (Å²) in [5, 5.41) is 0. The molecule has 0 heterocycles. The molecule has 21 heavy (non-hydrogen) atoms. The molecular formula is C15H23NO4S. The monoisotopic (exact) mass is 313 g/mol. The fourth-order valence-electron chi connectivity index (χ4n) is 2.00. The van der Waals surface area contributed by atoms with Crippen LogP contribution in [0.1, 0.15) is 39.2 Å². The summed E-state index contributed by atoms with van der Waals surface area (Å²) in [7, 11) is -3.57. The molecule has 0 aliphatic heterocycles. The molecule has 0 fully saturated rings. The Labute approximate surface area is 127 Å². The quantitative estimate of drug-likeness (QED) is 0.757. The van der Waals surface area contributed by atoms with Gasteiger partial charge in [-0.25, -0.2) is 8.42 Å². The van der Waals surface area contributed by atoms with E-state index in [1.807, 2.05) is 26.0 Å². The van der Waals surface area contributed by atoms with Gasteiger partial charge in [-0.1, -0.05) is 32.0 Å². The zero-order valence-electron chi connectivity index (χ0n) is 13.2. The number of esters is 1. The fourth-order valence-corrected chi connectivity index (χ4v) is 2.86. The Balaban J connectivity index is 3.19. The standard InChI is InChI=1S/C15H23NO4S/c1-11(2)13-8-6-7-9-14(13)16(21(5,18)19)10-15(17)20-12(3)4/h6-9,11-12H,10H2,1-5H3. The minimum atomic E-state index is -3.57. The van der Waals surface area contributed by atoms with Crippen LogP contribution in [0, 0.1) is 0 Å². The van der Waals surface area contributed by atoms with Gasteiger partial charge < -0.3 is 4.74 Å². The summed E-state index contributed by atoms with van der Waals surface area (Å²) >= 11 is 0. The molecule has 0 atom stereocenters. The number of benzene rings is 1. The van der Waals surface area contributed by atoms with Crippen molar-refractivity contribution in [3.8, 4) is 0 Å². The van der Waals surface area contributed by atoms with E-state index in [1.165, 1.54) is 0 Å². The van der Waals surface area contributed by atoms with Gasteiger partial charge in [0.1, 0.15) is 6.54 Å². The van der Waals surface area contributed by atoms with E-state index in [1.54, 1.807) is 26.0 Å². The Morgan fingerprint density at radius 3 is 2.24 bits per heavy atom. The van der Waals surface area contributed by atoms with E-state index in [9.17, 15) is 13.2 Å². The maximum Gasteiger partial charge on any atom is 0.327 e. The molecule has 0 N–H and O–H groups in total. The van der Waals surface area contributed by atoms with Gasteiger partial charge in [-0.2, -0.15) is 0 Å². The first-order valence-electron chi connectivity index (χ1n) is 6.89. The van der Waals surface area contributed by atoms with E-state index in [4.69, 9.17) is 4.74 Å². The van der Waals surface area contributed by atoms with Crippen LogP contribution in [0.15, 0.2) is 24.3 Å². The molecule has 5 nitrogen and oxygen atoms in total. The molecule has 0 amide bonds. The van der Waals surface area contributed by atoms with Crippen molar-refractivity contribution in [1.29, 1.82) is 0 Å². The van der Waals surface area contributed by atoms with Crippen molar-refractivity contribution in [3.63, 3.8) is 0 Å². The van der Waals surface area contributed by atoms with Crippen molar-refractivity contribution in [2.75, 3.05) is 17.1 Å². The van der Waals surface area contributed by atoms with Gasteiger partial charge in [0, 0.05) is 0 Å². The number of anilines is 1. The highest BCUT2D eigenvalue weighted by Gasteiger charge is 2.24. The first kappa shape index (κ1) is 17.5. The van der Waals surface area contributed by atoms with Crippen molar-refractivity contribution in [1.82, 2.24) is 0 Å². The van der Waals surface area contributed by atoms with Crippen molar-refractivity contribution >= 4 is 21.7 Å². The molecule has 0 spiro atoms. The zero-order chi connectivity index (χ0) is 16.2. The van der Waals surface area contributed by atoms with Crippen LogP contribution in [-0.4, -0.2) is 33.3 Å². The first-order valence-corrected chi connectivity index (χ1v) is 8.74. The summed E-state index contributed by atoms with van der Waals surface area (Å²) in [5.74, 6) is -0.416. The number of rotatable bonds is 6. The second kappa shape index (κ2) is 6.93. The number of para-hydroxylation sites is 1. The van der Waals surface area contributed by atoms with Gasteiger partial charge in [0.25, 0.3) is 0 Å². The molecular weight excluding hydrogens is 290 g/mol. The van der Waals surface area contributed by atoms with Gasteiger partial charge in [0.05, 0.1) is 18.0 Å². The lowest BCUT2D eigenvalue weighted by atomic mass is 10.0. The number of carbonyl (C=O) groups is 1. The van der Waals surface area contributed by atoms with Crippen molar-refractivity contribution in [3.05, 3.63) is 29.8 Å². The van der Waals surface area contributed by atoms with E-state index in [-0.39, 0.29) is 18.6 Å². The highest BCUT2D eigenvalue weighted by molar-refractivity contribution is 7.92. The number of carbonyl (C=O) groups excluding carboxylic acids is 1. The molecule has 1 aromatic carbocycles. The summed E-state index contributed by atoms with van der Waals surface area (Å²) in [4.78, 5) is 11.8. The molecule has 118 valence electrons. The Morgan fingerprint density at radius 1 is 1.19 bits per heavy atom. The van der Waals surface area contributed by atoms with E-state index in [2.05, 4.69) is 0 Å². The minimum Gasteiger partial charge on any atom is -0.462 e. The van der Waals surface area contributed by atoms with Crippen molar-refractivity contribution in [2.24, 2.45) is 0 Å². The molecule has 0 unspecified atom stereocenters. The average molecular weight is 313 g/mol. The lowest BCUT2D eigenvalue weighted by molar-refractivity contribution is -0.145. The Morgan fingerprint density at radius 2 is 1.76 bits per heavy atom. The van der Waals surface area contributed by atoms with Crippen molar-refractivity contribution < 1.29 is 17.9 Å². The van der Waals surface area contributed by atoms with Gasteiger partial charge in [-0.15, -0.1) is 0 Å². The highest BCUT2D eigenvalue weighted by Crippen LogP contribution is 2.28. The second-order valence-electron chi connectivity index (χ2n) is 5.52. The van der Waals surface area contributed by atoms with Crippen LogP contribution >= 0.6 is 0 Å². The van der Waals surface area contributed by atoms with Gasteiger partial charge in [0.15, 0.2) is 0 Å². The largest absolute Gasteiger partial charge is 0.462 e. The maximum absolute atomic E-state index is 12.0. The third kappa shape index (κ3) is 5.04. The smallest absolute Gasteiger partial charge is 0.327 e. The molecule has 0 saturated heterocycles. The first-order chi connectivity index (χ1) is 9.62. The van der Waals surface area contributed by atoms with Crippen LogP contribution in [0.5, 0.6) is 0 Å². The number of hydrogen-bond donors (Lipinski definition) is 0. The van der Waals surface area contributed by atoms with Crippen LogP contribution < -0.4 is 4.31 Å². The summed E-state index contributed by atoms with van der Waals surface area (Å²) in [6.07, 6.45) is 0.812. The molecule has 0 radical (unpaired) electrons. The summed E-state index contributed by atoms with van der Waals surface area (Å²) in [6, 6.07) is 7.18. The number of nitrogens with zero attached hydrogens (tertiary/aromatic N) is 1. The third-order valence-electron chi connectivity index (χ3n) is 2.87. The van der Waals surface area contributed by atoms with E-state index in [0.29, 0.717) is 5.69 Å². The third-order valence-corrected chi connectivity index (χ3v) is 3.99. The molecule has 0 bridgehead atoms. The molecule has 0 aliphatic rings. The average Bonchev–Trinajstić information content (AvgIpc) is 2.33. The van der Waals surface area contributed by atoms with Crippen molar-refractivity contribution in [2.45, 2.75) is 39.7 Å². The van der Waals surface area contributed by atoms with Crippen LogP contribution in [0.25, 0.3) is 0 Å². The molecule has 6 heteroatoms. The van der Waals surface area contributed by atoms with E-state index in [0.717, 1.165) is 16.1 Å². The lowest BCUT2D eigenvalue weighted by Crippen LogP contribution is -2.37. The van der Waals surface area contributed by atoms with Crippen LogP contribution in [0.4, 0.5) is 5.69 Å². The predicted molar refractivity (Wildman–Crippen MR) is 83.9 cm³/mol. The van der Waals surface area contributed by atoms with Crippen LogP contribution in [0.2, 0.25) is 0 Å². The lowest BCUT2D eigenvalue weighted by Gasteiger charge is -2.25. The molecule has 0 aromatic heterocycles.